The van der Waals surface area contributed by atoms with Crippen LogP contribution in [0.25, 0.3) is 0 Å². The largest absolute Gasteiger partial charge is 0.496 e. The molecular weight excluding hydrogens is 505 g/mol. The first-order chi connectivity index (χ1) is 14.6. The third-order valence-electron chi connectivity index (χ3n) is 5.32. The van der Waals surface area contributed by atoms with Crippen LogP contribution < -0.4 is 15.0 Å². The second kappa shape index (κ2) is 12.4. The molecule has 1 fully saturated rings. The van der Waals surface area contributed by atoms with Crippen LogP contribution in [-0.4, -0.2) is 75.6 Å². The van der Waals surface area contributed by atoms with Crippen molar-refractivity contribution in [2.45, 2.75) is 6.54 Å². The average molecular weight is 537 g/mol. The van der Waals surface area contributed by atoms with Crippen molar-refractivity contribution >= 4 is 41.5 Å². The van der Waals surface area contributed by atoms with Gasteiger partial charge in [-0.2, -0.15) is 0 Å². The monoisotopic (exact) mass is 537 g/mol. The lowest BCUT2D eigenvalue weighted by molar-refractivity contribution is -0.130. The number of nitrogens with zero attached hydrogens (tertiary/aromatic N) is 4. The van der Waals surface area contributed by atoms with Gasteiger partial charge in [-0.15, -0.1) is 24.0 Å². The maximum Gasteiger partial charge on any atom is 0.242 e. The zero-order valence-electron chi connectivity index (χ0n) is 18.5. The summed E-state index contributed by atoms with van der Waals surface area (Å²) < 4.78 is 5.43. The van der Waals surface area contributed by atoms with Gasteiger partial charge in [0, 0.05) is 58.1 Å². The van der Waals surface area contributed by atoms with Gasteiger partial charge in [0.05, 0.1) is 13.7 Å². The molecule has 1 heterocycles. The highest BCUT2D eigenvalue weighted by molar-refractivity contribution is 14.0. The molecule has 0 aliphatic carbocycles. The van der Waals surface area contributed by atoms with Gasteiger partial charge >= 0.3 is 0 Å². The molecule has 7 nitrogen and oxygen atoms in total. The van der Waals surface area contributed by atoms with Crippen LogP contribution in [0.1, 0.15) is 5.56 Å². The van der Waals surface area contributed by atoms with E-state index < -0.39 is 0 Å². The summed E-state index contributed by atoms with van der Waals surface area (Å²) in [4.78, 5) is 23.2. The van der Waals surface area contributed by atoms with Crippen LogP contribution >= 0.6 is 24.0 Å². The molecule has 1 saturated heterocycles. The van der Waals surface area contributed by atoms with E-state index in [1.54, 1.807) is 14.2 Å². The normalized spacial score (nSPS) is 14.0. The van der Waals surface area contributed by atoms with Crippen LogP contribution in [0.3, 0.4) is 0 Å². The molecule has 31 heavy (non-hydrogen) atoms. The topological polar surface area (TPSA) is 60.4 Å². The molecule has 0 radical (unpaired) electrons. The number of carbonyl (C=O) groups is 1. The highest BCUT2D eigenvalue weighted by Gasteiger charge is 2.21. The third-order valence-corrected chi connectivity index (χ3v) is 5.32. The molecule has 0 spiro atoms. The summed E-state index contributed by atoms with van der Waals surface area (Å²) in [5.74, 6) is 1.61. The molecule has 0 bridgehead atoms. The smallest absolute Gasteiger partial charge is 0.242 e. The van der Waals surface area contributed by atoms with Crippen LogP contribution in [0.15, 0.2) is 59.6 Å². The van der Waals surface area contributed by atoms with E-state index >= 15 is 0 Å². The molecule has 168 valence electrons. The number of piperazine rings is 1. The van der Waals surface area contributed by atoms with Gasteiger partial charge in [0.2, 0.25) is 5.91 Å². The Hall–Kier alpha value is -2.49. The molecular formula is C23H32IN5O2. The van der Waals surface area contributed by atoms with E-state index in [0.29, 0.717) is 12.5 Å². The van der Waals surface area contributed by atoms with Crippen molar-refractivity contribution in [1.29, 1.82) is 0 Å². The third kappa shape index (κ3) is 6.75. The van der Waals surface area contributed by atoms with Gasteiger partial charge in [0.1, 0.15) is 5.75 Å². The van der Waals surface area contributed by atoms with E-state index in [4.69, 9.17) is 4.74 Å². The van der Waals surface area contributed by atoms with Crippen molar-refractivity contribution in [3.05, 3.63) is 60.2 Å². The molecule has 2 aromatic rings. The lowest BCUT2D eigenvalue weighted by atomic mass is 10.2. The van der Waals surface area contributed by atoms with E-state index in [1.165, 1.54) is 5.69 Å². The predicted octanol–water partition coefficient (Wildman–Crippen LogP) is 2.67. The van der Waals surface area contributed by atoms with Crippen LogP contribution in [-0.2, 0) is 11.3 Å². The zero-order valence-corrected chi connectivity index (χ0v) is 20.8. The number of carbonyl (C=O) groups excluding carboxylic acids is 1. The number of para-hydroxylation sites is 2. The number of amides is 1. The molecule has 8 heteroatoms. The fraction of sp³-hybridized carbons (Fsp3) is 0.391. The van der Waals surface area contributed by atoms with Crippen LogP contribution in [0, 0.1) is 0 Å². The van der Waals surface area contributed by atoms with E-state index in [2.05, 4.69) is 27.3 Å². The first-order valence-electron chi connectivity index (χ1n) is 10.2. The summed E-state index contributed by atoms with van der Waals surface area (Å²) >= 11 is 0. The van der Waals surface area contributed by atoms with Crippen LogP contribution in [0.5, 0.6) is 5.75 Å². The predicted molar refractivity (Wildman–Crippen MR) is 136 cm³/mol. The summed E-state index contributed by atoms with van der Waals surface area (Å²) in [6.07, 6.45) is 0. The van der Waals surface area contributed by atoms with Crippen molar-refractivity contribution in [3.63, 3.8) is 0 Å². The fourth-order valence-corrected chi connectivity index (χ4v) is 3.67. The summed E-state index contributed by atoms with van der Waals surface area (Å²) in [6, 6.07) is 18.2. The molecule has 1 aliphatic rings. The minimum absolute atomic E-state index is 0. The van der Waals surface area contributed by atoms with Crippen molar-refractivity contribution in [2.24, 2.45) is 4.99 Å². The number of guanidine groups is 1. The second-order valence-corrected chi connectivity index (χ2v) is 7.27. The summed E-state index contributed by atoms with van der Waals surface area (Å²) in [7, 11) is 5.34. The molecule has 0 atom stereocenters. The van der Waals surface area contributed by atoms with Crippen molar-refractivity contribution in [3.8, 4) is 5.75 Å². The van der Waals surface area contributed by atoms with E-state index in [0.717, 1.165) is 37.5 Å². The molecule has 0 unspecified atom stereocenters. The van der Waals surface area contributed by atoms with Gasteiger partial charge in [0.25, 0.3) is 0 Å². The van der Waals surface area contributed by atoms with Gasteiger partial charge in [-0.25, -0.2) is 0 Å². The Bertz CT molecular complexity index is 854. The van der Waals surface area contributed by atoms with Crippen LogP contribution in [0.2, 0.25) is 0 Å². The maximum absolute atomic E-state index is 12.7. The second-order valence-electron chi connectivity index (χ2n) is 7.27. The Morgan fingerprint density at radius 1 is 1.06 bits per heavy atom. The number of hydrogen-bond acceptors (Lipinski definition) is 4. The van der Waals surface area contributed by atoms with Crippen LogP contribution in [0.4, 0.5) is 5.69 Å². The number of anilines is 1. The van der Waals surface area contributed by atoms with Gasteiger partial charge in [-0.3, -0.25) is 9.79 Å². The molecule has 1 N–H and O–H groups in total. The molecule has 0 aromatic heterocycles. The number of rotatable bonds is 6. The van der Waals surface area contributed by atoms with Crippen molar-refractivity contribution < 1.29 is 9.53 Å². The quantitative estimate of drug-likeness (QED) is 0.349. The minimum Gasteiger partial charge on any atom is -0.496 e. The minimum atomic E-state index is 0. The highest BCUT2D eigenvalue weighted by atomic mass is 127. The Morgan fingerprint density at radius 2 is 1.71 bits per heavy atom. The summed E-state index contributed by atoms with van der Waals surface area (Å²) in [6.45, 7) is 4.01. The fourth-order valence-electron chi connectivity index (χ4n) is 3.67. The first-order valence-corrected chi connectivity index (χ1v) is 10.2. The van der Waals surface area contributed by atoms with Gasteiger partial charge in [-0.05, 0) is 18.2 Å². The Kier molecular flexibility index (Phi) is 9.90. The number of aliphatic imine (C=N–C) groups is 1. The molecule has 0 saturated carbocycles. The number of benzene rings is 2. The Labute approximate surface area is 202 Å². The zero-order chi connectivity index (χ0) is 21.3. The number of nitrogens with one attached hydrogen (secondary N) is 1. The standard InChI is InChI=1S/C23H31N5O2.HI/c1-24-23(26(2)18-19-9-7-8-12-21(19)30-3)25-17-22(29)28-15-13-27(14-16-28)20-10-5-4-6-11-20;/h4-12H,13-18H2,1-3H3,(H,24,25);1H. The van der Waals surface area contributed by atoms with Gasteiger partial charge < -0.3 is 24.8 Å². The van der Waals surface area contributed by atoms with Gasteiger partial charge in [-0.1, -0.05) is 36.4 Å². The maximum atomic E-state index is 12.7. The summed E-state index contributed by atoms with van der Waals surface area (Å²) in [5.41, 5.74) is 2.27. The number of hydrogen-bond donors (Lipinski definition) is 1. The Balaban J connectivity index is 0.00000341. The molecule has 1 aliphatic heterocycles. The van der Waals surface area contributed by atoms with E-state index in [-0.39, 0.29) is 36.4 Å². The first kappa shape index (κ1) is 24.8. The lowest BCUT2D eigenvalue weighted by Gasteiger charge is -2.36. The van der Waals surface area contributed by atoms with Gasteiger partial charge in [0.15, 0.2) is 5.96 Å². The highest BCUT2D eigenvalue weighted by Crippen LogP contribution is 2.19. The van der Waals surface area contributed by atoms with E-state index in [1.807, 2.05) is 59.3 Å². The lowest BCUT2D eigenvalue weighted by Crippen LogP contribution is -2.52. The molecule has 1 amide bonds. The van der Waals surface area contributed by atoms with Crippen molar-refractivity contribution in [2.75, 3.05) is 58.8 Å². The Morgan fingerprint density at radius 3 is 2.35 bits per heavy atom. The molecule has 3 rings (SSSR count). The number of ether oxygens (including phenoxy) is 1. The number of methoxy groups -OCH3 is 1. The average Bonchev–Trinajstić information content (AvgIpc) is 2.80. The molecule has 2 aromatic carbocycles. The number of halogens is 1. The SMILES string of the molecule is CN=C(NCC(=O)N1CCN(c2ccccc2)CC1)N(C)Cc1ccccc1OC.I. The summed E-state index contributed by atoms with van der Waals surface area (Å²) in [5, 5.41) is 3.20. The van der Waals surface area contributed by atoms with Crippen molar-refractivity contribution in [1.82, 2.24) is 15.1 Å². The van der Waals surface area contributed by atoms with E-state index in [9.17, 15) is 4.79 Å².